The van der Waals surface area contributed by atoms with E-state index in [2.05, 4.69) is 32.5 Å². The second kappa shape index (κ2) is 5.77. The van der Waals surface area contributed by atoms with Crippen LogP contribution < -0.4 is 10.6 Å². The highest BCUT2D eigenvalue weighted by Gasteiger charge is 2.22. The maximum absolute atomic E-state index is 11.9. The van der Waals surface area contributed by atoms with Crippen molar-refractivity contribution in [3.63, 3.8) is 0 Å². The molecular weight excluding hydrogens is 230 g/mol. The lowest BCUT2D eigenvalue weighted by molar-refractivity contribution is 0.0933. The number of rotatable bonds is 4. The molecule has 1 aromatic heterocycles. The summed E-state index contributed by atoms with van der Waals surface area (Å²) < 4.78 is 0. The normalized spacial score (nSPS) is 19.8. The van der Waals surface area contributed by atoms with Gasteiger partial charge in [-0.05, 0) is 26.9 Å². The Morgan fingerprint density at radius 1 is 1.50 bits per heavy atom. The largest absolute Gasteiger partial charge is 0.369 e. The van der Waals surface area contributed by atoms with E-state index in [9.17, 15) is 4.79 Å². The highest BCUT2D eigenvalue weighted by molar-refractivity contribution is 5.92. The van der Waals surface area contributed by atoms with E-state index in [4.69, 9.17) is 0 Å². The second-order valence-electron chi connectivity index (χ2n) is 4.54. The first kappa shape index (κ1) is 12.8. The van der Waals surface area contributed by atoms with Crippen molar-refractivity contribution in [3.8, 4) is 0 Å². The van der Waals surface area contributed by atoms with Gasteiger partial charge >= 0.3 is 0 Å². The van der Waals surface area contributed by atoms with Gasteiger partial charge in [-0.15, -0.1) is 0 Å². The standard InChI is InChI=1S/C12H19N5O/c1-3-13-11-7-14-10(6-15-11)12(18)16-9-4-5-17(2)8-9/h6-7,9H,3-5,8H2,1-2H3,(H,13,15)(H,16,18). The van der Waals surface area contributed by atoms with Gasteiger partial charge in [-0.2, -0.15) is 0 Å². The van der Waals surface area contributed by atoms with Crippen molar-refractivity contribution in [2.75, 3.05) is 32.0 Å². The SMILES string of the molecule is CCNc1cnc(C(=O)NC2CCN(C)C2)cn1. The van der Waals surface area contributed by atoms with E-state index >= 15 is 0 Å². The summed E-state index contributed by atoms with van der Waals surface area (Å²) in [4.78, 5) is 22.4. The number of nitrogens with one attached hydrogen (secondary N) is 2. The second-order valence-corrected chi connectivity index (χ2v) is 4.54. The van der Waals surface area contributed by atoms with Crippen LogP contribution in [-0.4, -0.2) is 53.5 Å². The number of carbonyl (C=O) groups excluding carboxylic acids is 1. The third kappa shape index (κ3) is 3.16. The highest BCUT2D eigenvalue weighted by Crippen LogP contribution is 2.07. The number of carbonyl (C=O) groups is 1. The molecule has 2 N–H and O–H groups in total. The molecule has 0 bridgehead atoms. The maximum Gasteiger partial charge on any atom is 0.271 e. The molecule has 1 unspecified atom stereocenters. The Morgan fingerprint density at radius 2 is 2.33 bits per heavy atom. The van der Waals surface area contributed by atoms with Crippen molar-refractivity contribution in [2.24, 2.45) is 0 Å². The summed E-state index contributed by atoms with van der Waals surface area (Å²) in [7, 11) is 2.05. The van der Waals surface area contributed by atoms with E-state index in [0.717, 1.165) is 26.1 Å². The molecule has 0 radical (unpaired) electrons. The monoisotopic (exact) mass is 249 g/mol. The molecule has 1 amide bonds. The van der Waals surface area contributed by atoms with Gasteiger partial charge in [0.2, 0.25) is 0 Å². The van der Waals surface area contributed by atoms with Gasteiger partial charge in [0.25, 0.3) is 5.91 Å². The highest BCUT2D eigenvalue weighted by atomic mass is 16.2. The van der Waals surface area contributed by atoms with Gasteiger partial charge in [-0.1, -0.05) is 0 Å². The molecule has 6 heteroatoms. The Morgan fingerprint density at radius 3 is 2.89 bits per heavy atom. The molecule has 1 atom stereocenters. The van der Waals surface area contributed by atoms with E-state index < -0.39 is 0 Å². The van der Waals surface area contributed by atoms with Crippen LogP contribution >= 0.6 is 0 Å². The minimum Gasteiger partial charge on any atom is -0.369 e. The Kier molecular flexibility index (Phi) is 4.09. The first-order valence-electron chi connectivity index (χ1n) is 6.24. The lowest BCUT2D eigenvalue weighted by Crippen LogP contribution is -2.36. The average molecular weight is 249 g/mol. The van der Waals surface area contributed by atoms with Crippen LogP contribution in [0.3, 0.4) is 0 Å². The van der Waals surface area contributed by atoms with E-state index in [1.807, 2.05) is 6.92 Å². The zero-order valence-electron chi connectivity index (χ0n) is 10.8. The molecule has 0 saturated carbocycles. The number of hydrogen-bond acceptors (Lipinski definition) is 5. The Labute approximate surface area is 107 Å². The molecule has 1 saturated heterocycles. The molecule has 1 aliphatic rings. The van der Waals surface area contributed by atoms with Crippen LogP contribution in [0.1, 0.15) is 23.8 Å². The molecule has 0 spiro atoms. The van der Waals surface area contributed by atoms with Crippen molar-refractivity contribution in [1.29, 1.82) is 0 Å². The molecule has 18 heavy (non-hydrogen) atoms. The summed E-state index contributed by atoms with van der Waals surface area (Å²) >= 11 is 0. The molecular formula is C12H19N5O. The Balaban J connectivity index is 1.92. The van der Waals surface area contributed by atoms with Crippen LogP contribution in [0.5, 0.6) is 0 Å². The van der Waals surface area contributed by atoms with E-state index in [1.54, 1.807) is 6.20 Å². The van der Waals surface area contributed by atoms with E-state index in [0.29, 0.717) is 11.5 Å². The Bertz CT molecular complexity index is 405. The predicted molar refractivity (Wildman–Crippen MR) is 69.6 cm³/mol. The van der Waals surface area contributed by atoms with Gasteiger partial charge in [0.1, 0.15) is 11.5 Å². The average Bonchev–Trinajstić information content (AvgIpc) is 2.76. The predicted octanol–water partition coefficient (Wildman–Crippen LogP) is 0.342. The lowest BCUT2D eigenvalue weighted by Gasteiger charge is -2.12. The van der Waals surface area contributed by atoms with Gasteiger partial charge in [0.05, 0.1) is 12.4 Å². The van der Waals surface area contributed by atoms with Gasteiger partial charge in [0, 0.05) is 19.1 Å². The first-order chi connectivity index (χ1) is 8.69. The molecule has 2 heterocycles. The zero-order valence-corrected chi connectivity index (χ0v) is 10.8. The third-order valence-electron chi connectivity index (χ3n) is 2.97. The maximum atomic E-state index is 11.9. The molecule has 2 rings (SSSR count). The molecule has 6 nitrogen and oxygen atoms in total. The van der Waals surface area contributed by atoms with Crippen LogP contribution in [-0.2, 0) is 0 Å². The van der Waals surface area contributed by atoms with Gasteiger partial charge in [0.15, 0.2) is 0 Å². The fraction of sp³-hybridized carbons (Fsp3) is 0.583. The summed E-state index contributed by atoms with van der Waals surface area (Å²) in [6, 6.07) is 0.220. The van der Waals surface area contributed by atoms with Crippen LogP contribution in [0, 0.1) is 0 Å². The first-order valence-corrected chi connectivity index (χ1v) is 6.24. The van der Waals surface area contributed by atoms with E-state index in [1.165, 1.54) is 6.20 Å². The summed E-state index contributed by atoms with van der Waals surface area (Å²) in [5, 5.41) is 6.01. The van der Waals surface area contributed by atoms with Crippen LogP contribution in [0.4, 0.5) is 5.82 Å². The third-order valence-corrected chi connectivity index (χ3v) is 2.97. The van der Waals surface area contributed by atoms with Crippen LogP contribution in [0.15, 0.2) is 12.4 Å². The van der Waals surface area contributed by atoms with Crippen molar-refractivity contribution in [2.45, 2.75) is 19.4 Å². The summed E-state index contributed by atoms with van der Waals surface area (Å²) in [5.74, 6) is 0.542. The topological polar surface area (TPSA) is 70.2 Å². The number of aromatic nitrogens is 2. The fourth-order valence-corrected chi connectivity index (χ4v) is 2.03. The summed E-state index contributed by atoms with van der Waals surface area (Å²) in [6.45, 7) is 4.69. The smallest absolute Gasteiger partial charge is 0.271 e. The number of hydrogen-bond donors (Lipinski definition) is 2. The fourth-order valence-electron chi connectivity index (χ4n) is 2.03. The summed E-state index contributed by atoms with van der Waals surface area (Å²) in [6.07, 6.45) is 4.08. The van der Waals surface area contributed by atoms with Crippen LogP contribution in [0.25, 0.3) is 0 Å². The van der Waals surface area contributed by atoms with Gasteiger partial charge in [-0.3, -0.25) is 4.79 Å². The zero-order chi connectivity index (χ0) is 13.0. The minimum absolute atomic E-state index is 0.147. The number of likely N-dealkylation sites (tertiary alicyclic amines) is 1. The van der Waals surface area contributed by atoms with Gasteiger partial charge in [-0.25, -0.2) is 9.97 Å². The lowest BCUT2D eigenvalue weighted by atomic mass is 10.2. The number of anilines is 1. The quantitative estimate of drug-likeness (QED) is 0.805. The van der Waals surface area contributed by atoms with Crippen molar-refractivity contribution in [1.82, 2.24) is 20.2 Å². The number of amides is 1. The molecule has 98 valence electrons. The molecule has 1 aliphatic heterocycles. The molecule has 1 aromatic rings. The summed E-state index contributed by atoms with van der Waals surface area (Å²) in [5.41, 5.74) is 0.367. The van der Waals surface area contributed by atoms with Crippen molar-refractivity contribution >= 4 is 11.7 Å². The van der Waals surface area contributed by atoms with Crippen LogP contribution in [0.2, 0.25) is 0 Å². The number of nitrogens with zero attached hydrogens (tertiary/aromatic N) is 3. The van der Waals surface area contributed by atoms with E-state index in [-0.39, 0.29) is 11.9 Å². The molecule has 0 aromatic carbocycles. The molecule has 1 fully saturated rings. The Hall–Kier alpha value is -1.69. The van der Waals surface area contributed by atoms with Crippen molar-refractivity contribution in [3.05, 3.63) is 18.1 Å². The van der Waals surface area contributed by atoms with Crippen molar-refractivity contribution < 1.29 is 4.79 Å². The minimum atomic E-state index is -0.147. The number of likely N-dealkylation sites (N-methyl/N-ethyl adjacent to an activating group) is 1. The van der Waals surface area contributed by atoms with Gasteiger partial charge < -0.3 is 15.5 Å². The molecule has 0 aliphatic carbocycles.